The van der Waals surface area contributed by atoms with Gasteiger partial charge in [-0.05, 0) is 39.0 Å². The molecule has 3 heterocycles. The molecule has 7 nitrogen and oxygen atoms in total. The summed E-state index contributed by atoms with van der Waals surface area (Å²) in [5.41, 5.74) is -0.248. The van der Waals surface area contributed by atoms with Gasteiger partial charge in [-0.3, -0.25) is 9.59 Å². The Morgan fingerprint density at radius 3 is 2.50 bits per heavy atom. The normalized spacial score (nSPS) is 31.0. The average Bonchev–Trinajstić information content (AvgIpc) is 2.89. The van der Waals surface area contributed by atoms with Crippen LogP contribution < -0.4 is 5.32 Å². The first-order valence-corrected chi connectivity index (χ1v) is 9.62. The minimum Gasteiger partial charge on any atom is -0.351 e. The highest BCUT2D eigenvalue weighted by atomic mass is 16.2. The van der Waals surface area contributed by atoms with Crippen LogP contribution in [0, 0.1) is 24.2 Å². The molecule has 142 valence electrons. The lowest BCUT2D eigenvalue weighted by Crippen LogP contribution is -2.55. The van der Waals surface area contributed by atoms with E-state index < -0.39 is 0 Å². The van der Waals surface area contributed by atoms with Gasteiger partial charge in [0.1, 0.15) is 11.6 Å². The van der Waals surface area contributed by atoms with Crippen molar-refractivity contribution in [3.63, 3.8) is 0 Å². The fourth-order valence-corrected chi connectivity index (χ4v) is 4.62. The molecule has 1 saturated carbocycles. The molecular weight excluding hydrogens is 330 g/mol. The average molecular weight is 359 g/mol. The number of carbonyl (C=O) groups excluding carboxylic acids is 2. The molecule has 0 spiro atoms. The van der Waals surface area contributed by atoms with E-state index in [0.717, 1.165) is 24.5 Å². The monoisotopic (exact) mass is 359 g/mol. The van der Waals surface area contributed by atoms with Crippen LogP contribution in [0.3, 0.4) is 0 Å². The molecule has 1 N–H and O–H groups in total. The first-order valence-electron chi connectivity index (χ1n) is 9.62. The summed E-state index contributed by atoms with van der Waals surface area (Å²) >= 11 is 0. The topological polar surface area (TPSA) is 80.1 Å². The van der Waals surface area contributed by atoms with Gasteiger partial charge >= 0.3 is 0 Å². The molecule has 2 amide bonds. The first kappa shape index (κ1) is 17.5. The highest BCUT2D eigenvalue weighted by molar-refractivity contribution is 5.84. The molecule has 1 aliphatic carbocycles. The van der Waals surface area contributed by atoms with E-state index in [1.165, 1.54) is 0 Å². The second-order valence-corrected chi connectivity index (χ2v) is 9.41. The van der Waals surface area contributed by atoms with Gasteiger partial charge < -0.3 is 14.8 Å². The van der Waals surface area contributed by atoms with E-state index in [9.17, 15) is 9.59 Å². The second-order valence-electron chi connectivity index (χ2n) is 9.41. The number of carbonyl (C=O) groups is 2. The first-order chi connectivity index (χ1) is 12.1. The minimum absolute atomic E-state index is 0.0113. The van der Waals surface area contributed by atoms with Gasteiger partial charge in [-0.25, -0.2) is 0 Å². The molecule has 4 rings (SSSR count). The number of nitrogens with zero attached hydrogens (tertiary/aromatic N) is 4. The molecule has 1 aromatic heterocycles. The van der Waals surface area contributed by atoms with Crippen LogP contribution in [-0.2, 0) is 22.6 Å². The molecular formula is C19H29N5O2. The Morgan fingerprint density at radius 2 is 1.88 bits per heavy atom. The number of amides is 2. The summed E-state index contributed by atoms with van der Waals surface area (Å²) < 4.78 is 2.04. The lowest BCUT2D eigenvalue weighted by molar-refractivity contribution is -0.139. The molecule has 0 bridgehead atoms. The van der Waals surface area contributed by atoms with Crippen molar-refractivity contribution in [3.8, 4) is 0 Å². The third kappa shape index (κ3) is 2.63. The number of aryl methyl sites for hydroxylation is 1. The number of fused-ring (bicyclic) bond motifs is 1. The van der Waals surface area contributed by atoms with Crippen molar-refractivity contribution >= 4 is 11.8 Å². The second kappa shape index (κ2) is 5.54. The molecule has 1 saturated heterocycles. The van der Waals surface area contributed by atoms with Crippen molar-refractivity contribution in [1.82, 2.24) is 25.0 Å². The highest BCUT2D eigenvalue weighted by Crippen LogP contribution is 2.51. The number of hydrogen-bond acceptors (Lipinski definition) is 4. The van der Waals surface area contributed by atoms with Gasteiger partial charge in [-0.2, -0.15) is 0 Å². The van der Waals surface area contributed by atoms with Crippen molar-refractivity contribution in [1.29, 1.82) is 0 Å². The third-order valence-electron chi connectivity index (χ3n) is 6.80. The number of rotatable bonds is 3. The summed E-state index contributed by atoms with van der Waals surface area (Å²) in [7, 11) is 0. The van der Waals surface area contributed by atoms with Gasteiger partial charge in [0.2, 0.25) is 11.8 Å². The molecule has 3 unspecified atom stereocenters. The fourth-order valence-electron chi connectivity index (χ4n) is 4.62. The molecule has 0 radical (unpaired) electrons. The Balaban J connectivity index is 1.42. The summed E-state index contributed by atoms with van der Waals surface area (Å²) in [5.74, 6) is 2.13. The van der Waals surface area contributed by atoms with E-state index in [1.54, 1.807) is 0 Å². The van der Waals surface area contributed by atoms with Crippen molar-refractivity contribution in [3.05, 3.63) is 11.6 Å². The molecule has 26 heavy (non-hydrogen) atoms. The summed E-state index contributed by atoms with van der Waals surface area (Å²) in [4.78, 5) is 27.7. The molecule has 7 heteroatoms. The van der Waals surface area contributed by atoms with E-state index in [2.05, 4.69) is 43.2 Å². The van der Waals surface area contributed by atoms with Crippen LogP contribution >= 0.6 is 0 Å². The fraction of sp³-hybridized carbons (Fsp3) is 0.789. The van der Waals surface area contributed by atoms with E-state index in [1.807, 2.05) is 16.4 Å². The summed E-state index contributed by atoms with van der Waals surface area (Å²) in [6, 6.07) is 0.0113. The lowest BCUT2D eigenvalue weighted by Gasteiger charge is -2.37. The number of hydrogen-bond donors (Lipinski definition) is 1. The van der Waals surface area contributed by atoms with E-state index in [0.29, 0.717) is 19.5 Å². The van der Waals surface area contributed by atoms with Crippen molar-refractivity contribution in [2.24, 2.45) is 17.3 Å². The van der Waals surface area contributed by atoms with Gasteiger partial charge in [0.15, 0.2) is 0 Å². The van der Waals surface area contributed by atoms with Crippen LogP contribution in [0.1, 0.15) is 52.2 Å². The predicted octanol–water partition coefficient (Wildman–Crippen LogP) is 1.30. The van der Waals surface area contributed by atoms with E-state index in [-0.39, 0.29) is 40.6 Å². The van der Waals surface area contributed by atoms with Crippen LogP contribution in [0.5, 0.6) is 0 Å². The van der Waals surface area contributed by atoms with Crippen LogP contribution in [0.2, 0.25) is 0 Å². The zero-order valence-corrected chi connectivity index (χ0v) is 16.4. The summed E-state index contributed by atoms with van der Waals surface area (Å²) in [5, 5.41) is 11.5. The van der Waals surface area contributed by atoms with Crippen molar-refractivity contribution in [2.75, 3.05) is 6.54 Å². The van der Waals surface area contributed by atoms with E-state index >= 15 is 0 Å². The Kier molecular flexibility index (Phi) is 3.72. The molecule has 0 aromatic carbocycles. The Bertz CT molecular complexity index is 766. The standard InChI is InChI=1S/C19H29N5O2/c1-11-21-22-15-8-12(10-23(11)15)17(26)24-7-6-14(19(24,4)5)20-16(25)13-9-18(13,2)3/h12-14H,6-10H2,1-5H3,(H,20,25). The number of likely N-dealkylation sites (tertiary alicyclic amines) is 1. The molecule has 2 aliphatic heterocycles. The minimum atomic E-state index is -0.371. The largest absolute Gasteiger partial charge is 0.351 e. The Morgan fingerprint density at radius 1 is 1.19 bits per heavy atom. The van der Waals surface area contributed by atoms with Crippen LogP contribution in [0.4, 0.5) is 0 Å². The molecule has 3 aliphatic rings. The molecule has 2 fully saturated rings. The van der Waals surface area contributed by atoms with E-state index in [4.69, 9.17) is 0 Å². The summed E-state index contributed by atoms with van der Waals surface area (Å²) in [6.07, 6.45) is 2.42. The maximum absolute atomic E-state index is 13.2. The van der Waals surface area contributed by atoms with Crippen LogP contribution in [0.25, 0.3) is 0 Å². The third-order valence-corrected chi connectivity index (χ3v) is 6.80. The van der Waals surface area contributed by atoms with Gasteiger partial charge in [0.25, 0.3) is 0 Å². The highest BCUT2D eigenvalue weighted by Gasteiger charge is 2.53. The number of aromatic nitrogens is 3. The lowest BCUT2D eigenvalue weighted by atomic mass is 9.93. The van der Waals surface area contributed by atoms with Crippen LogP contribution in [-0.4, -0.2) is 49.6 Å². The zero-order chi connectivity index (χ0) is 18.9. The number of nitrogens with one attached hydrogen (secondary N) is 1. The SMILES string of the molecule is Cc1nnc2n1CC(C(=O)N1CCC(NC(=O)C3CC3(C)C)C1(C)C)C2. The van der Waals surface area contributed by atoms with Crippen molar-refractivity contribution < 1.29 is 9.59 Å². The maximum Gasteiger partial charge on any atom is 0.228 e. The maximum atomic E-state index is 13.2. The van der Waals surface area contributed by atoms with Crippen molar-refractivity contribution in [2.45, 2.75) is 72.0 Å². The Labute approximate surface area is 154 Å². The zero-order valence-electron chi connectivity index (χ0n) is 16.4. The van der Waals surface area contributed by atoms with Gasteiger partial charge in [0.05, 0.1) is 17.5 Å². The predicted molar refractivity (Wildman–Crippen MR) is 96.2 cm³/mol. The van der Waals surface area contributed by atoms with Gasteiger partial charge in [0, 0.05) is 25.4 Å². The molecule has 3 atom stereocenters. The Hall–Kier alpha value is -1.92. The quantitative estimate of drug-likeness (QED) is 0.882. The summed E-state index contributed by atoms with van der Waals surface area (Å²) in [6.45, 7) is 11.7. The van der Waals surface area contributed by atoms with Crippen LogP contribution in [0.15, 0.2) is 0 Å². The van der Waals surface area contributed by atoms with Gasteiger partial charge in [-0.1, -0.05) is 13.8 Å². The van der Waals surface area contributed by atoms with Gasteiger partial charge in [-0.15, -0.1) is 10.2 Å². The smallest absolute Gasteiger partial charge is 0.228 e. The molecule has 1 aromatic rings.